The molecule has 0 fully saturated rings. The summed E-state index contributed by atoms with van der Waals surface area (Å²) in [7, 11) is -10.5. The molecule has 0 aliphatic carbocycles. The van der Waals surface area contributed by atoms with Crippen LogP contribution in [0.25, 0.3) is 11.1 Å². The summed E-state index contributed by atoms with van der Waals surface area (Å²) in [5.41, 5.74) is -3.10. The monoisotopic (exact) mass is 412 g/mol. The molecule has 2 aromatic rings. The summed E-state index contributed by atoms with van der Waals surface area (Å²) >= 11 is 0. The van der Waals surface area contributed by atoms with Gasteiger partial charge in [-0.05, 0) is 35.4 Å². The summed E-state index contributed by atoms with van der Waals surface area (Å²) in [6, 6.07) is 6.75. The second kappa shape index (κ2) is 7.11. The Kier molecular flexibility index (Phi) is 5.63. The Bertz CT molecular complexity index is 873. The number of rotatable bonds is 5. The number of benzene rings is 1. The molecule has 13 heteroatoms. The van der Waals surface area contributed by atoms with Crippen LogP contribution < -0.4 is 5.32 Å². The zero-order valence-electron chi connectivity index (χ0n) is 12.7. The molecule has 0 unspecified atom stereocenters. The van der Waals surface area contributed by atoms with Crippen LogP contribution in [0.5, 0.6) is 0 Å². The van der Waals surface area contributed by atoms with E-state index in [1.54, 1.807) is 0 Å². The number of hydrogen-bond donors (Lipinski definition) is 5. The molecule has 8 nitrogen and oxygen atoms in total. The molecule has 0 bridgehead atoms. The van der Waals surface area contributed by atoms with E-state index in [4.69, 9.17) is 19.6 Å². The van der Waals surface area contributed by atoms with Gasteiger partial charge in [-0.3, -0.25) is 9.13 Å². The average Bonchev–Trinajstić information content (AvgIpc) is 2.50. The maximum absolute atomic E-state index is 12.8. The van der Waals surface area contributed by atoms with Crippen LogP contribution in [-0.2, 0) is 15.3 Å². The summed E-state index contributed by atoms with van der Waals surface area (Å²) < 4.78 is 61.0. The zero-order valence-corrected chi connectivity index (χ0v) is 14.5. The Hall–Kier alpha value is -1.74. The predicted molar refractivity (Wildman–Crippen MR) is 86.2 cm³/mol. The molecule has 0 amide bonds. The van der Waals surface area contributed by atoms with Crippen molar-refractivity contribution in [2.45, 2.75) is 11.7 Å². The van der Waals surface area contributed by atoms with Crippen LogP contribution >= 0.6 is 15.2 Å². The van der Waals surface area contributed by atoms with Gasteiger partial charge in [-0.15, -0.1) is 0 Å². The number of halogens is 3. The highest BCUT2D eigenvalue weighted by molar-refractivity contribution is 7.71. The smallest absolute Gasteiger partial charge is 0.346 e. The van der Waals surface area contributed by atoms with Crippen molar-refractivity contribution in [3.8, 4) is 11.1 Å². The molecule has 26 heavy (non-hydrogen) atoms. The molecular weight excluding hydrogens is 399 g/mol. The van der Waals surface area contributed by atoms with E-state index < -0.39 is 32.5 Å². The molecule has 0 atom stereocenters. The molecule has 0 aliphatic heterocycles. The molecule has 0 radical (unpaired) electrons. The minimum absolute atomic E-state index is 0.134. The van der Waals surface area contributed by atoms with Crippen LogP contribution in [-0.4, -0.2) is 30.1 Å². The molecule has 5 N–H and O–H groups in total. The van der Waals surface area contributed by atoms with Crippen molar-refractivity contribution >= 4 is 21.0 Å². The molecule has 1 aromatic carbocycles. The number of anilines is 1. The standard InChI is InChI=1S/C13H13F3N2O6P2/c14-13(15,16)10-3-1-2-8(6-10)9-4-5-17-11(7-9)18-12(25(19,20)21)26(22,23)24/h1-7,12H,(H,17,18)(H2,19,20,21)(H2,22,23,24). The van der Waals surface area contributed by atoms with Crippen LogP contribution in [0.3, 0.4) is 0 Å². The summed E-state index contributed by atoms with van der Waals surface area (Å²) in [5.74, 6) is -0.323. The van der Waals surface area contributed by atoms with Crippen molar-refractivity contribution in [3.05, 3.63) is 48.2 Å². The first kappa shape index (κ1) is 20.6. The average molecular weight is 412 g/mol. The van der Waals surface area contributed by atoms with Crippen molar-refractivity contribution < 1.29 is 41.9 Å². The molecule has 0 saturated carbocycles. The van der Waals surface area contributed by atoms with E-state index in [2.05, 4.69) is 4.98 Å². The molecule has 142 valence electrons. The van der Waals surface area contributed by atoms with Gasteiger partial charge in [-0.2, -0.15) is 13.2 Å². The van der Waals surface area contributed by atoms with Gasteiger partial charge < -0.3 is 24.9 Å². The first-order valence-corrected chi connectivity index (χ1v) is 10.2. The fourth-order valence-corrected chi connectivity index (χ4v) is 4.23. The third-order valence-corrected chi connectivity index (χ3v) is 6.53. The molecule has 0 spiro atoms. The van der Waals surface area contributed by atoms with Crippen molar-refractivity contribution in [1.82, 2.24) is 4.98 Å². The lowest BCUT2D eigenvalue weighted by atomic mass is 10.0. The number of pyridine rings is 1. The lowest BCUT2D eigenvalue weighted by Gasteiger charge is -2.21. The van der Waals surface area contributed by atoms with E-state index >= 15 is 0 Å². The van der Waals surface area contributed by atoms with Gasteiger partial charge in [0, 0.05) is 6.20 Å². The first-order chi connectivity index (χ1) is 11.8. The van der Waals surface area contributed by atoms with Gasteiger partial charge in [-0.25, -0.2) is 4.98 Å². The maximum Gasteiger partial charge on any atom is 0.416 e. The van der Waals surface area contributed by atoms with E-state index in [-0.39, 0.29) is 16.9 Å². The SMILES string of the molecule is O=P(O)(O)C(Nc1cc(-c2cccc(C(F)(F)F)c2)ccn1)P(=O)(O)O. The van der Waals surface area contributed by atoms with Crippen molar-refractivity contribution in [3.63, 3.8) is 0 Å². The second-order valence-corrected chi connectivity index (χ2v) is 9.00. The summed E-state index contributed by atoms with van der Waals surface area (Å²) in [5, 5.41) is 1.95. The van der Waals surface area contributed by atoms with Gasteiger partial charge in [0.05, 0.1) is 5.56 Å². The largest absolute Gasteiger partial charge is 0.416 e. The predicted octanol–water partition coefficient (Wildman–Crippen LogP) is 2.82. The van der Waals surface area contributed by atoms with E-state index in [9.17, 15) is 22.3 Å². The lowest BCUT2D eigenvalue weighted by Crippen LogP contribution is -2.20. The minimum atomic E-state index is -5.24. The second-order valence-electron chi connectivity index (χ2n) is 5.20. The number of nitrogens with one attached hydrogen (secondary N) is 1. The number of nitrogens with zero attached hydrogens (tertiary/aromatic N) is 1. The van der Waals surface area contributed by atoms with Crippen LogP contribution in [0.2, 0.25) is 0 Å². The molecule has 0 saturated heterocycles. The van der Waals surface area contributed by atoms with Crippen LogP contribution in [0.1, 0.15) is 5.56 Å². The van der Waals surface area contributed by atoms with Gasteiger partial charge >= 0.3 is 21.4 Å². The van der Waals surface area contributed by atoms with Crippen LogP contribution in [0.4, 0.5) is 19.0 Å². The summed E-state index contributed by atoms with van der Waals surface area (Å²) in [6.07, 6.45) is -3.44. The Balaban J connectivity index is 2.40. The third-order valence-electron chi connectivity index (χ3n) is 3.20. The molecule has 1 heterocycles. The van der Waals surface area contributed by atoms with E-state index in [0.29, 0.717) is 0 Å². The first-order valence-electron chi connectivity index (χ1n) is 6.79. The number of hydrogen-bond acceptors (Lipinski definition) is 4. The van der Waals surface area contributed by atoms with Gasteiger partial charge in [0.2, 0.25) is 5.52 Å². The molecule has 2 rings (SSSR count). The molecule has 1 aromatic heterocycles. The van der Waals surface area contributed by atoms with Crippen LogP contribution in [0, 0.1) is 0 Å². The van der Waals surface area contributed by atoms with Crippen LogP contribution in [0.15, 0.2) is 42.6 Å². The van der Waals surface area contributed by atoms with Crippen molar-refractivity contribution in [1.29, 1.82) is 0 Å². The van der Waals surface area contributed by atoms with Gasteiger partial charge in [0.25, 0.3) is 0 Å². The fourth-order valence-electron chi connectivity index (χ4n) is 2.06. The Morgan fingerprint density at radius 2 is 1.54 bits per heavy atom. The number of alkyl halides is 3. The Labute approximate surface area is 145 Å². The highest BCUT2D eigenvalue weighted by atomic mass is 31.2. The molecular formula is C13H13F3N2O6P2. The van der Waals surface area contributed by atoms with Crippen molar-refractivity contribution in [2.24, 2.45) is 0 Å². The third kappa shape index (κ3) is 5.14. The quantitative estimate of drug-likeness (QED) is 0.473. The lowest BCUT2D eigenvalue weighted by molar-refractivity contribution is -0.137. The highest BCUT2D eigenvalue weighted by Crippen LogP contribution is 2.59. The van der Waals surface area contributed by atoms with E-state index in [1.807, 2.05) is 5.32 Å². The van der Waals surface area contributed by atoms with Gasteiger partial charge in [0.15, 0.2) is 0 Å². The fraction of sp³-hybridized carbons (Fsp3) is 0.154. The zero-order chi connectivity index (χ0) is 19.8. The summed E-state index contributed by atoms with van der Waals surface area (Å²) in [6.45, 7) is 0. The number of aromatic nitrogens is 1. The van der Waals surface area contributed by atoms with E-state index in [0.717, 1.165) is 24.4 Å². The minimum Gasteiger partial charge on any atom is -0.346 e. The highest BCUT2D eigenvalue weighted by Gasteiger charge is 2.43. The van der Waals surface area contributed by atoms with Gasteiger partial charge in [0.1, 0.15) is 5.82 Å². The van der Waals surface area contributed by atoms with Gasteiger partial charge in [-0.1, -0.05) is 12.1 Å². The normalized spacial score (nSPS) is 13.1. The topological polar surface area (TPSA) is 140 Å². The summed E-state index contributed by atoms with van der Waals surface area (Å²) in [4.78, 5) is 40.0. The Morgan fingerprint density at radius 1 is 0.962 bits per heavy atom. The maximum atomic E-state index is 12.8. The molecule has 0 aliphatic rings. The van der Waals surface area contributed by atoms with E-state index in [1.165, 1.54) is 18.2 Å². The Morgan fingerprint density at radius 3 is 2.08 bits per heavy atom. The van der Waals surface area contributed by atoms with Crippen molar-refractivity contribution in [2.75, 3.05) is 5.32 Å².